The largest absolute Gasteiger partial charge is 0.573 e. The third kappa shape index (κ3) is 17.9. The molecule has 6 rings (SSSR count). The zero-order chi connectivity index (χ0) is 52.4. The molecule has 1 aliphatic heterocycles. The van der Waals surface area contributed by atoms with E-state index in [2.05, 4.69) is 41.0 Å². The van der Waals surface area contributed by atoms with Gasteiger partial charge >= 0.3 is 6.36 Å². The molecular formula is C51H61F3N8O10S. The number of aromatic nitrogens is 3. The maximum Gasteiger partial charge on any atom is 0.573 e. The smallest absolute Gasteiger partial charge is 0.406 e. The minimum atomic E-state index is -4.79. The highest BCUT2D eigenvalue weighted by atomic mass is 32.1. The summed E-state index contributed by atoms with van der Waals surface area (Å²) in [5.74, 6) is -1.48. The number of hydrogen-bond donors (Lipinski definition) is 5. The summed E-state index contributed by atoms with van der Waals surface area (Å²) in [6, 6.07) is 19.7. The summed E-state index contributed by atoms with van der Waals surface area (Å²) < 4.78 is 63.6. The van der Waals surface area contributed by atoms with Crippen molar-refractivity contribution in [3.05, 3.63) is 108 Å². The molecule has 1 unspecified atom stereocenters. The standard InChI is InChI=1S/C51H61F3N8O10S/c1-33-45(73-32-59-33)35-10-8-34(9-11-35)29-56-48(66)42-27-39(63)30-62(42)49(67)46(50(2,3)4)61-44(64)16-18-68-20-22-70-24-25-71-23-21-69-19-17-55-47(65)37-7-5-6-36(26-37)41-28-43(58-31-57-41)60-38-12-14-40(15-13-38)72-51(52,53)54/h5-15,26,28,31-32,39,42,46,63H,16-25,27,29-30H2,1-4H3,(H,55,65)(H,56,66)(H,61,64)(H,57,58,60)/t39-,42+,46?/m1/s1. The van der Waals surface area contributed by atoms with Gasteiger partial charge < -0.3 is 55.0 Å². The van der Waals surface area contributed by atoms with E-state index in [1.165, 1.54) is 35.5 Å². The number of anilines is 2. The number of carbonyl (C=O) groups excluding carboxylic acids is 4. The Labute approximate surface area is 425 Å². The van der Waals surface area contributed by atoms with Gasteiger partial charge in [-0.15, -0.1) is 24.5 Å². The van der Waals surface area contributed by atoms with Gasteiger partial charge in [-0.2, -0.15) is 0 Å². The normalized spacial score (nSPS) is 15.2. The molecule has 5 aromatic rings. The fraction of sp³-hybridized carbons (Fsp3) is 0.431. The molecule has 0 saturated carbocycles. The van der Waals surface area contributed by atoms with Gasteiger partial charge in [0.1, 0.15) is 30.0 Å². The van der Waals surface area contributed by atoms with E-state index in [4.69, 9.17) is 18.9 Å². The lowest BCUT2D eigenvalue weighted by Crippen LogP contribution is -2.57. The number of β-amino-alcohol motifs (C(OH)–C–C–N with tert-alkyl or cyclic N) is 1. The first-order valence-corrected chi connectivity index (χ1v) is 24.5. The Hall–Kier alpha value is -6.56. The Bertz CT molecular complexity index is 2580. The van der Waals surface area contributed by atoms with Crippen molar-refractivity contribution in [2.45, 2.75) is 71.6 Å². The molecule has 4 amide bonds. The number of nitrogens with zero attached hydrogens (tertiary/aromatic N) is 4. The van der Waals surface area contributed by atoms with Gasteiger partial charge in [0.05, 0.1) is 80.7 Å². The number of thiazole rings is 1. The number of likely N-dealkylation sites (tertiary alicyclic amines) is 1. The first-order valence-electron chi connectivity index (χ1n) is 23.6. The summed E-state index contributed by atoms with van der Waals surface area (Å²) in [5.41, 5.74) is 6.03. The lowest BCUT2D eigenvalue weighted by Gasteiger charge is -2.35. The van der Waals surface area contributed by atoms with Gasteiger partial charge in [-0.3, -0.25) is 19.2 Å². The van der Waals surface area contributed by atoms with Crippen LogP contribution in [0, 0.1) is 12.3 Å². The van der Waals surface area contributed by atoms with E-state index in [-0.39, 0.29) is 76.5 Å². The van der Waals surface area contributed by atoms with Crippen LogP contribution in [0.1, 0.15) is 55.2 Å². The SMILES string of the molecule is Cc1ncsc1-c1ccc(CNC(=O)[C@@H]2C[C@@H](O)CN2C(=O)C(NC(=O)CCOCCOCCOCCOCCNC(=O)c2cccc(-c3cc(Nc4ccc(OC(F)(F)F)cc4)ncn3)c2)C(C)(C)C)cc1. The van der Waals surface area contributed by atoms with E-state index < -0.39 is 41.8 Å². The molecule has 73 heavy (non-hydrogen) atoms. The number of aryl methyl sites for hydroxylation is 1. The van der Waals surface area contributed by atoms with Crippen LogP contribution in [0.3, 0.4) is 0 Å². The number of halogens is 3. The molecule has 3 aromatic carbocycles. The summed E-state index contributed by atoms with van der Waals surface area (Å²) in [5, 5.41) is 22.1. The summed E-state index contributed by atoms with van der Waals surface area (Å²) in [4.78, 5) is 68.4. The van der Waals surface area contributed by atoms with Crippen molar-refractivity contribution in [2.75, 3.05) is 71.3 Å². The van der Waals surface area contributed by atoms with Gasteiger partial charge in [0.15, 0.2) is 0 Å². The van der Waals surface area contributed by atoms with Gasteiger partial charge in [-0.1, -0.05) is 57.2 Å². The molecule has 5 N–H and O–H groups in total. The Morgan fingerprint density at radius 3 is 2.12 bits per heavy atom. The van der Waals surface area contributed by atoms with Crippen LogP contribution in [-0.2, 0) is 39.9 Å². The quantitative estimate of drug-likeness (QED) is 0.0389. The Morgan fingerprint density at radius 1 is 0.808 bits per heavy atom. The van der Waals surface area contributed by atoms with E-state index in [0.29, 0.717) is 54.8 Å². The van der Waals surface area contributed by atoms with Crippen LogP contribution >= 0.6 is 11.3 Å². The molecule has 18 nitrogen and oxygen atoms in total. The second-order valence-corrected chi connectivity index (χ2v) is 18.8. The number of carbonyl (C=O) groups is 4. The topological polar surface area (TPSA) is 225 Å². The number of nitrogens with one attached hydrogen (secondary N) is 4. The van der Waals surface area contributed by atoms with Crippen molar-refractivity contribution < 1.29 is 61.1 Å². The summed E-state index contributed by atoms with van der Waals surface area (Å²) in [6.45, 7) is 10.0. The molecule has 0 radical (unpaired) electrons. The number of rotatable bonds is 26. The van der Waals surface area contributed by atoms with Crippen LogP contribution in [0.2, 0.25) is 0 Å². The molecule has 392 valence electrons. The predicted octanol–water partition coefficient (Wildman–Crippen LogP) is 6.21. The van der Waals surface area contributed by atoms with Crippen molar-refractivity contribution in [3.63, 3.8) is 0 Å². The summed E-state index contributed by atoms with van der Waals surface area (Å²) in [6.07, 6.45) is -4.25. The molecule has 1 fully saturated rings. The third-order valence-corrected chi connectivity index (χ3v) is 12.3. The number of hydrogen-bond acceptors (Lipinski definition) is 15. The molecular weight excluding hydrogens is 974 g/mol. The fourth-order valence-corrected chi connectivity index (χ4v) is 8.38. The molecule has 1 aliphatic rings. The van der Waals surface area contributed by atoms with Crippen LogP contribution in [0.15, 0.2) is 90.7 Å². The average Bonchev–Trinajstić information content (AvgIpc) is 3.98. The number of alkyl halides is 3. The lowest BCUT2D eigenvalue weighted by atomic mass is 9.85. The van der Waals surface area contributed by atoms with Crippen LogP contribution in [0.5, 0.6) is 5.75 Å². The summed E-state index contributed by atoms with van der Waals surface area (Å²) in [7, 11) is 0. The zero-order valence-electron chi connectivity index (χ0n) is 41.0. The van der Waals surface area contributed by atoms with Crippen molar-refractivity contribution in [2.24, 2.45) is 5.41 Å². The van der Waals surface area contributed by atoms with Gasteiger partial charge in [0.2, 0.25) is 17.7 Å². The minimum Gasteiger partial charge on any atom is -0.406 e. The summed E-state index contributed by atoms with van der Waals surface area (Å²) >= 11 is 1.56. The number of benzene rings is 3. The monoisotopic (exact) mass is 1030 g/mol. The fourth-order valence-electron chi connectivity index (χ4n) is 7.57. The van der Waals surface area contributed by atoms with Crippen molar-refractivity contribution in [3.8, 4) is 27.4 Å². The third-order valence-electron chi connectivity index (χ3n) is 11.3. The molecule has 0 spiro atoms. The van der Waals surface area contributed by atoms with E-state index in [1.807, 2.05) is 52.0 Å². The highest BCUT2D eigenvalue weighted by Gasteiger charge is 2.44. The zero-order valence-corrected chi connectivity index (χ0v) is 41.9. The second-order valence-electron chi connectivity index (χ2n) is 18.0. The molecule has 22 heteroatoms. The molecule has 0 bridgehead atoms. The number of amides is 4. The van der Waals surface area contributed by atoms with E-state index >= 15 is 0 Å². The van der Waals surface area contributed by atoms with Gasteiger partial charge in [-0.25, -0.2) is 15.0 Å². The van der Waals surface area contributed by atoms with Gasteiger partial charge in [-0.05, 0) is 59.9 Å². The molecule has 0 aliphatic carbocycles. The Morgan fingerprint density at radius 2 is 1.48 bits per heavy atom. The van der Waals surface area contributed by atoms with E-state index in [9.17, 15) is 37.5 Å². The van der Waals surface area contributed by atoms with E-state index in [1.54, 1.807) is 47.2 Å². The molecule has 2 aromatic heterocycles. The minimum absolute atomic E-state index is 0.00312. The van der Waals surface area contributed by atoms with Gasteiger partial charge in [0.25, 0.3) is 5.91 Å². The number of aliphatic hydroxyl groups is 1. The van der Waals surface area contributed by atoms with Crippen LogP contribution in [0.25, 0.3) is 21.7 Å². The highest BCUT2D eigenvalue weighted by molar-refractivity contribution is 7.13. The first kappa shape index (κ1) is 55.7. The second kappa shape index (κ2) is 26.9. The molecule has 3 atom stereocenters. The van der Waals surface area contributed by atoms with Gasteiger partial charge in [0, 0.05) is 55.4 Å². The van der Waals surface area contributed by atoms with Crippen LogP contribution < -0.4 is 26.0 Å². The lowest BCUT2D eigenvalue weighted by molar-refractivity contribution is -0.274. The van der Waals surface area contributed by atoms with Crippen molar-refractivity contribution in [1.82, 2.24) is 35.8 Å². The Kier molecular flexibility index (Phi) is 20.6. The average molecular weight is 1040 g/mol. The number of aliphatic hydroxyl groups excluding tert-OH is 1. The molecule has 1 saturated heterocycles. The maximum absolute atomic E-state index is 13.9. The van der Waals surface area contributed by atoms with Crippen LogP contribution in [-0.4, -0.2) is 139 Å². The first-order chi connectivity index (χ1) is 34.9. The van der Waals surface area contributed by atoms with Crippen LogP contribution in [0.4, 0.5) is 24.7 Å². The van der Waals surface area contributed by atoms with Crippen molar-refractivity contribution >= 4 is 46.5 Å². The molecule has 3 heterocycles. The highest BCUT2D eigenvalue weighted by Crippen LogP contribution is 2.30. The number of ether oxygens (including phenoxy) is 5. The van der Waals surface area contributed by atoms with E-state index in [0.717, 1.165) is 21.7 Å². The predicted molar refractivity (Wildman–Crippen MR) is 266 cm³/mol. The maximum atomic E-state index is 13.9. The Balaban J connectivity index is 0.792. The van der Waals surface area contributed by atoms with Crippen molar-refractivity contribution in [1.29, 1.82) is 0 Å².